The molecule has 0 unspecified atom stereocenters. The van der Waals surface area contributed by atoms with Gasteiger partial charge in [0.2, 0.25) is 0 Å². The molecule has 1 saturated heterocycles. The highest BCUT2D eigenvalue weighted by Gasteiger charge is 2.47. The van der Waals surface area contributed by atoms with Crippen LogP contribution < -0.4 is 0 Å². The Labute approximate surface area is 97.8 Å². The predicted octanol–water partition coefficient (Wildman–Crippen LogP) is 2.36. The number of piperidine rings is 1. The molecule has 0 radical (unpaired) electrons. The number of carboxylic acids is 1. The number of carboxylic acid groups (broad SMARTS) is 1. The lowest BCUT2D eigenvalue weighted by Crippen LogP contribution is -2.48. The zero-order valence-electron chi connectivity index (χ0n) is 10.2. The highest BCUT2D eigenvalue weighted by atomic mass is 16.4. The van der Waals surface area contributed by atoms with Gasteiger partial charge in [0.25, 0.3) is 0 Å². The maximum atomic E-state index is 11.7. The van der Waals surface area contributed by atoms with Gasteiger partial charge in [-0.2, -0.15) is 0 Å². The smallest absolute Gasteiger partial charge is 0.310 e. The van der Waals surface area contributed by atoms with Crippen molar-refractivity contribution in [3.05, 3.63) is 0 Å². The first-order chi connectivity index (χ1) is 7.65. The molecule has 0 atom stereocenters. The van der Waals surface area contributed by atoms with Gasteiger partial charge in [-0.05, 0) is 51.7 Å². The number of hydrogen-bond donors (Lipinski definition) is 1. The molecule has 1 saturated carbocycles. The van der Waals surface area contributed by atoms with Crippen LogP contribution >= 0.6 is 0 Å². The van der Waals surface area contributed by atoms with Crippen LogP contribution in [0.25, 0.3) is 0 Å². The molecule has 2 fully saturated rings. The average molecular weight is 225 g/mol. The fraction of sp³-hybridized carbons (Fsp3) is 0.923. The third-order valence-electron chi connectivity index (χ3n) is 4.69. The highest BCUT2D eigenvalue weighted by molar-refractivity contribution is 5.75. The fourth-order valence-electron chi connectivity index (χ4n) is 3.47. The van der Waals surface area contributed by atoms with E-state index in [0.717, 1.165) is 38.8 Å². The van der Waals surface area contributed by atoms with Gasteiger partial charge in [-0.15, -0.1) is 0 Å². The second-order valence-corrected chi connectivity index (χ2v) is 5.60. The predicted molar refractivity (Wildman–Crippen MR) is 63.4 cm³/mol. The van der Waals surface area contributed by atoms with E-state index in [1.165, 1.54) is 19.3 Å². The molecular formula is C13H23NO2. The van der Waals surface area contributed by atoms with Crippen molar-refractivity contribution in [2.45, 2.75) is 44.9 Å². The third kappa shape index (κ3) is 2.10. The maximum Gasteiger partial charge on any atom is 0.310 e. The first-order valence-electron chi connectivity index (χ1n) is 6.57. The molecule has 1 N–H and O–H groups in total. The van der Waals surface area contributed by atoms with E-state index >= 15 is 0 Å². The largest absolute Gasteiger partial charge is 0.481 e. The van der Waals surface area contributed by atoms with Gasteiger partial charge in [-0.25, -0.2) is 0 Å². The summed E-state index contributed by atoms with van der Waals surface area (Å²) in [5.74, 6) is -0.0973. The summed E-state index contributed by atoms with van der Waals surface area (Å²) in [6, 6.07) is 0. The molecule has 92 valence electrons. The molecule has 0 aromatic rings. The van der Waals surface area contributed by atoms with Crippen LogP contribution in [0.2, 0.25) is 0 Å². The van der Waals surface area contributed by atoms with Crippen LogP contribution in [0.15, 0.2) is 0 Å². The fourth-order valence-corrected chi connectivity index (χ4v) is 3.47. The molecule has 16 heavy (non-hydrogen) atoms. The minimum atomic E-state index is -0.535. The van der Waals surface area contributed by atoms with Crippen LogP contribution in [0.5, 0.6) is 0 Å². The summed E-state index contributed by atoms with van der Waals surface area (Å²) >= 11 is 0. The van der Waals surface area contributed by atoms with Crippen molar-refractivity contribution in [1.29, 1.82) is 0 Å². The lowest BCUT2D eigenvalue weighted by Gasteiger charge is -2.44. The van der Waals surface area contributed by atoms with E-state index in [9.17, 15) is 9.90 Å². The quantitative estimate of drug-likeness (QED) is 0.784. The van der Waals surface area contributed by atoms with E-state index in [0.29, 0.717) is 5.92 Å². The van der Waals surface area contributed by atoms with Crippen molar-refractivity contribution in [2.24, 2.45) is 11.3 Å². The summed E-state index contributed by atoms with van der Waals surface area (Å²) in [4.78, 5) is 13.9. The van der Waals surface area contributed by atoms with Gasteiger partial charge < -0.3 is 10.0 Å². The van der Waals surface area contributed by atoms with Gasteiger partial charge in [0, 0.05) is 0 Å². The topological polar surface area (TPSA) is 40.5 Å². The first kappa shape index (κ1) is 11.9. The van der Waals surface area contributed by atoms with Gasteiger partial charge in [-0.3, -0.25) is 4.79 Å². The molecule has 0 spiro atoms. The van der Waals surface area contributed by atoms with E-state index in [1.807, 2.05) is 0 Å². The molecular weight excluding hydrogens is 202 g/mol. The second kappa shape index (κ2) is 4.74. The minimum Gasteiger partial charge on any atom is -0.481 e. The van der Waals surface area contributed by atoms with Gasteiger partial charge >= 0.3 is 5.97 Å². The molecule has 0 bridgehead atoms. The number of nitrogens with zero attached hydrogens (tertiary/aromatic N) is 1. The molecule has 3 nitrogen and oxygen atoms in total. The van der Waals surface area contributed by atoms with E-state index < -0.39 is 11.4 Å². The van der Waals surface area contributed by atoms with E-state index in [2.05, 4.69) is 11.9 Å². The summed E-state index contributed by atoms with van der Waals surface area (Å²) in [5.41, 5.74) is -0.396. The first-order valence-corrected chi connectivity index (χ1v) is 6.57. The van der Waals surface area contributed by atoms with Crippen LogP contribution in [0, 0.1) is 11.3 Å². The Balaban J connectivity index is 2.11. The normalized spacial score (nSPS) is 27.8. The number of rotatable bonds is 2. The average Bonchev–Trinajstić information content (AvgIpc) is 2.31. The van der Waals surface area contributed by atoms with Crippen LogP contribution in [0.3, 0.4) is 0 Å². The summed E-state index contributed by atoms with van der Waals surface area (Å²) in [5, 5.41) is 9.61. The third-order valence-corrected chi connectivity index (χ3v) is 4.69. The molecule has 1 aliphatic heterocycles. The van der Waals surface area contributed by atoms with Gasteiger partial charge in [-0.1, -0.05) is 19.3 Å². The van der Waals surface area contributed by atoms with Crippen molar-refractivity contribution in [2.75, 3.05) is 20.1 Å². The van der Waals surface area contributed by atoms with Crippen LogP contribution in [0.1, 0.15) is 44.9 Å². The van der Waals surface area contributed by atoms with Gasteiger partial charge in [0.05, 0.1) is 5.41 Å². The second-order valence-electron chi connectivity index (χ2n) is 5.60. The summed E-state index contributed by atoms with van der Waals surface area (Å²) in [6.07, 6.45) is 7.73. The molecule has 1 heterocycles. The number of carbonyl (C=O) groups is 1. The lowest BCUT2D eigenvalue weighted by molar-refractivity contribution is -0.157. The minimum absolute atomic E-state index is 0.396. The molecule has 0 amide bonds. The maximum absolute atomic E-state index is 11.7. The number of aliphatic carboxylic acids is 1. The summed E-state index contributed by atoms with van der Waals surface area (Å²) < 4.78 is 0. The standard InChI is InChI=1S/C13H23NO2/c1-14-9-7-13(8-10-14,12(15)16)11-5-3-2-4-6-11/h11H,2-10H2,1H3,(H,15,16). The molecule has 0 aromatic heterocycles. The Morgan fingerprint density at radius 2 is 1.75 bits per heavy atom. The Kier molecular flexibility index (Phi) is 3.53. The highest BCUT2D eigenvalue weighted by Crippen LogP contribution is 2.45. The number of hydrogen-bond acceptors (Lipinski definition) is 2. The zero-order chi connectivity index (χ0) is 11.6. The molecule has 1 aliphatic carbocycles. The molecule has 2 aliphatic rings. The Bertz CT molecular complexity index is 251. The Hall–Kier alpha value is -0.570. The monoisotopic (exact) mass is 225 g/mol. The summed E-state index contributed by atoms with van der Waals surface area (Å²) in [7, 11) is 2.09. The number of likely N-dealkylation sites (tertiary alicyclic amines) is 1. The Morgan fingerprint density at radius 3 is 2.25 bits per heavy atom. The van der Waals surface area contributed by atoms with Gasteiger partial charge in [0.15, 0.2) is 0 Å². The molecule has 0 aromatic carbocycles. The SMILES string of the molecule is CN1CCC(C(=O)O)(C2CCCCC2)CC1. The van der Waals surface area contributed by atoms with Crippen molar-refractivity contribution in [1.82, 2.24) is 4.90 Å². The van der Waals surface area contributed by atoms with Gasteiger partial charge in [0.1, 0.15) is 0 Å². The van der Waals surface area contributed by atoms with E-state index in [1.54, 1.807) is 0 Å². The summed E-state index contributed by atoms with van der Waals surface area (Å²) in [6.45, 7) is 1.89. The lowest BCUT2D eigenvalue weighted by atomic mass is 9.64. The Morgan fingerprint density at radius 1 is 1.19 bits per heavy atom. The van der Waals surface area contributed by atoms with Crippen LogP contribution in [0.4, 0.5) is 0 Å². The van der Waals surface area contributed by atoms with Crippen LogP contribution in [-0.2, 0) is 4.79 Å². The van der Waals surface area contributed by atoms with Crippen molar-refractivity contribution < 1.29 is 9.90 Å². The molecule has 3 heteroatoms. The van der Waals surface area contributed by atoms with Crippen molar-refractivity contribution in [3.8, 4) is 0 Å². The van der Waals surface area contributed by atoms with E-state index in [-0.39, 0.29) is 0 Å². The van der Waals surface area contributed by atoms with Crippen molar-refractivity contribution >= 4 is 5.97 Å². The van der Waals surface area contributed by atoms with Crippen LogP contribution in [-0.4, -0.2) is 36.1 Å². The molecule has 2 rings (SSSR count). The zero-order valence-corrected chi connectivity index (χ0v) is 10.2. The van der Waals surface area contributed by atoms with E-state index in [4.69, 9.17) is 0 Å². The van der Waals surface area contributed by atoms with Crippen molar-refractivity contribution in [3.63, 3.8) is 0 Å².